The van der Waals surface area contributed by atoms with Gasteiger partial charge in [-0.05, 0) is 41.9 Å². The van der Waals surface area contributed by atoms with Crippen LogP contribution in [0.2, 0.25) is 0 Å². The fourth-order valence-electron chi connectivity index (χ4n) is 1.89. The van der Waals surface area contributed by atoms with Gasteiger partial charge in [0.25, 0.3) is 0 Å². The highest BCUT2D eigenvalue weighted by Gasteiger charge is 2.32. The number of hydrogen-bond donors (Lipinski definition) is 1. The highest BCUT2D eigenvalue weighted by atomic mass is 15.3. The van der Waals surface area contributed by atoms with E-state index in [9.17, 15) is 0 Å². The van der Waals surface area contributed by atoms with Crippen LogP contribution in [-0.2, 0) is 6.54 Å². The first-order valence-corrected chi connectivity index (χ1v) is 5.80. The van der Waals surface area contributed by atoms with E-state index in [0.717, 1.165) is 6.54 Å². The first-order valence-electron chi connectivity index (χ1n) is 5.80. The highest BCUT2D eigenvalue weighted by molar-refractivity contribution is 5.16. The van der Waals surface area contributed by atoms with Crippen molar-refractivity contribution in [3.63, 3.8) is 0 Å². The maximum atomic E-state index is 4.33. The molecular formula is C12H24N4. The molecule has 0 spiro atoms. The minimum absolute atomic E-state index is 0.0519. The topological polar surface area (TPSA) is 33.1 Å². The predicted octanol–water partition coefficient (Wildman–Crippen LogP) is 1.50. The van der Waals surface area contributed by atoms with Gasteiger partial charge in [-0.2, -0.15) is 5.10 Å². The molecular weight excluding hydrogens is 200 g/mol. The van der Waals surface area contributed by atoms with Gasteiger partial charge < -0.3 is 10.2 Å². The lowest BCUT2D eigenvalue weighted by Crippen LogP contribution is -2.48. The van der Waals surface area contributed by atoms with Crippen LogP contribution >= 0.6 is 0 Å². The van der Waals surface area contributed by atoms with Crippen molar-refractivity contribution in [2.24, 2.45) is 0 Å². The summed E-state index contributed by atoms with van der Waals surface area (Å²) in [6.45, 7) is 7.48. The van der Waals surface area contributed by atoms with E-state index in [0.29, 0.717) is 0 Å². The maximum absolute atomic E-state index is 4.33. The summed E-state index contributed by atoms with van der Waals surface area (Å²) in [5, 5.41) is 7.72. The van der Waals surface area contributed by atoms with E-state index in [-0.39, 0.29) is 11.6 Å². The second-order valence-corrected chi connectivity index (χ2v) is 4.90. The Hall–Kier alpha value is -0.870. The average molecular weight is 224 g/mol. The van der Waals surface area contributed by atoms with Crippen LogP contribution in [-0.4, -0.2) is 41.4 Å². The van der Waals surface area contributed by atoms with Crippen molar-refractivity contribution in [1.82, 2.24) is 20.0 Å². The molecule has 0 saturated carbocycles. The molecule has 0 aliphatic rings. The first kappa shape index (κ1) is 13.2. The van der Waals surface area contributed by atoms with Gasteiger partial charge in [0.1, 0.15) is 0 Å². The lowest BCUT2D eigenvalue weighted by Gasteiger charge is -2.39. The number of rotatable bonds is 5. The zero-order valence-electron chi connectivity index (χ0n) is 11.3. The Balaban J connectivity index is 2.98. The summed E-state index contributed by atoms with van der Waals surface area (Å²) in [4.78, 5) is 2.23. The molecule has 16 heavy (non-hydrogen) atoms. The van der Waals surface area contributed by atoms with Gasteiger partial charge in [-0.3, -0.25) is 4.68 Å². The van der Waals surface area contributed by atoms with E-state index in [4.69, 9.17) is 0 Å². The Morgan fingerprint density at radius 2 is 2.12 bits per heavy atom. The second kappa shape index (κ2) is 4.97. The van der Waals surface area contributed by atoms with Gasteiger partial charge in [0.15, 0.2) is 0 Å². The molecule has 0 saturated heterocycles. The lowest BCUT2D eigenvalue weighted by molar-refractivity contribution is 0.142. The van der Waals surface area contributed by atoms with Gasteiger partial charge in [-0.1, -0.05) is 0 Å². The van der Waals surface area contributed by atoms with Gasteiger partial charge >= 0.3 is 0 Å². The van der Waals surface area contributed by atoms with Gasteiger partial charge in [0.05, 0.1) is 12.2 Å². The van der Waals surface area contributed by atoms with Crippen molar-refractivity contribution in [1.29, 1.82) is 0 Å². The Kier molecular flexibility index (Phi) is 4.10. The normalized spacial score (nSPS) is 14.4. The van der Waals surface area contributed by atoms with Crippen LogP contribution in [0, 0.1) is 0 Å². The Bertz CT molecular complexity index is 328. The number of likely N-dealkylation sites (N-methyl/N-ethyl adjacent to an activating group) is 2. The molecule has 0 aromatic carbocycles. The minimum atomic E-state index is 0.0519. The third-order valence-corrected chi connectivity index (χ3v) is 3.46. The van der Waals surface area contributed by atoms with Crippen LogP contribution in [0.5, 0.6) is 0 Å². The summed E-state index contributed by atoms with van der Waals surface area (Å²) >= 11 is 0. The summed E-state index contributed by atoms with van der Waals surface area (Å²) in [6.07, 6.45) is 4.07. The van der Waals surface area contributed by atoms with Crippen molar-refractivity contribution >= 4 is 0 Å². The van der Waals surface area contributed by atoms with Crippen LogP contribution in [0.25, 0.3) is 0 Å². The molecule has 1 aromatic heterocycles. The van der Waals surface area contributed by atoms with E-state index in [1.807, 2.05) is 17.9 Å². The summed E-state index contributed by atoms with van der Waals surface area (Å²) < 4.78 is 1.96. The molecule has 0 amide bonds. The Labute approximate surface area is 98.6 Å². The highest BCUT2D eigenvalue weighted by Crippen LogP contribution is 2.28. The Morgan fingerprint density at radius 3 is 2.50 bits per heavy atom. The molecule has 1 N–H and O–H groups in total. The minimum Gasteiger partial charge on any atom is -0.311 e. The number of aromatic nitrogens is 2. The molecule has 1 unspecified atom stereocenters. The lowest BCUT2D eigenvalue weighted by atomic mass is 9.89. The van der Waals surface area contributed by atoms with Crippen LogP contribution < -0.4 is 5.32 Å². The quantitative estimate of drug-likeness (QED) is 0.823. The van der Waals surface area contributed by atoms with Gasteiger partial charge in [0.2, 0.25) is 0 Å². The molecule has 1 rings (SSSR count). The van der Waals surface area contributed by atoms with Crippen LogP contribution in [0.15, 0.2) is 12.4 Å². The average Bonchev–Trinajstić information content (AvgIpc) is 2.66. The third-order valence-electron chi connectivity index (χ3n) is 3.46. The molecule has 4 nitrogen and oxygen atoms in total. The van der Waals surface area contributed by atoms with Crippen LogP contribution in [0.1, 0.15) is 32.4 Å². The molecule has 0 bridgehead atoms. The largest absolute Gasteiger partial charge is 0.311 e. The summed E-state index contributed by atoms with van der Waals surface area (Å²) in [6, 6.07) is 0.280. The van der Waals surface area contributed by atoms with Crippen molar-refractivity contribution in [3.8, 4) is 0 Å². The number of nitrogens with one attached hydrogen (secondary N) is 1. The van der Waals surface area contributed by atoms with E-state index < -0.39 is 0 Å². The molecule has 1 aromatic rings. The van der Waals surface area contributed by atoms with Crippen molar-refractivity contribution < 1.29 is 0 Å². The van der Waals surface area contributed by atoms with Crippen LogP contribution in [0.3, 0.4) is 0 Å². The smallest absolute Gasteiger partial charge is 0.0538 e. The summed E-state index contributed by atoms with van der Waals surface area (Å²) in [5.41, 5.74) is 1.29. The van der Waals surface area contributed by atoms with E-state index in [1.54, 1.807) is 0 Å². The van der Waals surface area contributed by atoms with Gasteiger partial charge in [0, 0.05) is 23.8 Å². The molecule has 1 atom stereocenters. The standard InChI is InChI=1S/C12H24N4/c1-7-16-9-10(8-14-16)11(13-4)12(2,3)15(5)6/h8-9,11,13H,7H2,1-6H3. The zero-order chi connectivity index (χ0) is 12.3. The van der Waals surface area contributed by atoms with Gasteiger partial charge in [-0.25, -0.2) is 0 Å². The monoisotopic (exact) mass is 224 g/mol. The fraction of sp³-hybridized carbons (Fsp3) is 0.750. The molecule has 0 radical (unpaired) electrons. The molecule has 92 valence electrons. The molecule has 0 fully saturated rings. The summed E-state index contributed by atoms with van der Waals surface area (Å²) in [5.74, 6) is 0. The zero-order valence-corrected chi connectivity index (χ0v) is 11.3. The number of hydrogen-bond acceptors (Lipinski definition) is 3. The van der Waals surface area contributed by atoms with Crippen molar-refractivity contribution in [2.45, 2.75) is 38.9 Å². The molecule has 1 heterocycles. The molecule has 0 aliphatic heterocycles. The van der Waals surface area contributed by atoms with Crippen molar-refractivity contribution in [2.75, 3.05) is 21.1 Å². The maximum Gasteiger partial charge on any atom is 0.0538 e. The van der Waals surface area contributed by atoms with Crippen LogP contribution in [0.4, 0.5) is 0 Å². The van der Waals surface area contributed by atoms with Crippen molar-refractivity contribution in [3.05, 3.63) is 18.0 Å². The Morgan fingerprint density at radius 1 is 1.50 bits per heavy atom. The van der Waals surface area contributed by atoms with Gasteiger partial charge in [-0.15, -0.1) is 0 Å². The SMILES string of the molecule is CCn1cc(C(NC)C(C)(C)N(C)C)cn1. The second-order valence-electron chi connectivity index (χ2n) is 4.90. The third kappa shape index (κ3) is 2.44. The summed E-state index contributed by atoms with van der Waals surface area (Å²) in [7, 11) is 6.21. The molecule has 0 aliphatic carbocycles. The van der Waals surface area contributed by atoms with E-state index in [2.05, 4.69) is 56.4 Å². The molecule has 4 heteroatoms. The van der Waals surface area contributed by atoms with E-state index >= 15 is 0 Å². The fourth-order valence-corrected chi connectivity index (χ4v) is 1.89. The number of nitrogens with zero attached hydrogens (tertiary/aromatic N) is 3. The number of aryl methyl sites for hydroxylation is 1. The predicted molar refractivity (Wildman–Crippen MR) is 67.5 cm³/mol. The van der Waals surface area contributed by atoms with E-state index in [1.165, 1.54) is 5.56 Å². The first-order chi connectivity index (χ1) is 7.43.